The van der Waals surface area contributed by atoms with Crippen LogP contribution in [0.1, 0.15) is 30.0 Å². The molecule has 0 atom stereocenters. The molecule has 1 aromatic heterocycles. The van der Waals surface area contributed by atoms with E-state index >= 15 is 0 Å². The van der Waals surface area contributed by atoms with E-state index in [0.29, 0.717) is 5.92 Å². The summed E-state index contributed by atoms with van der Waals surface area (Å²) in [4.78, 5) is 17.9. The Kier molecular flexibility index (Phi) is 4.76. The second kappa shape index (κ2) is 7.34. The molecule has 1 aliphatic heterocycles. The van der Waals surface area contributed by atoms with Crippen molar-refractivity contribution in [3.63, 3.8) is 0 Å². The lowest BCUT2D eigenvalue weighted by Crippen LogP contribution is -2.32. The fourth-order valence-corrected chi connectivity index (χ4v) is 4.00. The first-order valence-corrected chi connectivity index (χ1v) is 9.33. The van der Waals surface area contributed by atoms with Gasteiger partial charge in [-0.1, -0.05) is 60.7 Å². The Morgan fingerprint density at radius 3 is 2.23 bits per heavy atom. The van der Waals surface area contributed by atoms with Gasteiger partial charge in [0, 0.05) is 30.8 Å². The summed E-state index contributed by atoms with van der Waals surface area (Å²) in [6, 6.07) is 20.9. The number of hydrogen-bond acceptors (Lipinski definition) is 2. The molecule has 0 aliphatic carbocycles. The molecule has 1 fully saturated rings. The van der Waals surface area contributed by atoms with E-state index in [4.69, 9.17) is 0 Å². The zero-order valence-electron chi connectivity index (χ0n) is 15.2. The third-order valence-electron chi connectivity index (χ3n) is 5.43. The Hall–Kier alpha value is -2.59. The third kappa shape index (κ3) is 3.37. The standard InChI is InChI=1S/C22H25N3O/c1-24-21(19-10-6-3-7-11-19)20(23-22(24)26)18-12-14-25(15-13-18)16-17-8-4-2-5-9-17/h2-11,18H,12-16H2,1H3,(H,23,26). The number of imidazole rings is 1. The van der Waals surface area contributed by atoms with Crippen LogP contribution in [0, 0.1) is 0 Å². The molecule has 0 saturated carbocycles. The predicted molar refractivity (Wildman–Crippen MR) is 105 cm³/mol. The van der Waals surface area contributed by atoms with Crippen LogP contribution in [-0.4, -0.2) is 27.5 Å². The second-order valence-corrected chi connectivity index (χ2v) is 7.15. The van der Waals surface area contributed by atoms with Crippen molar-refractivity contribution in [2.24, 2.45) is 7.05 Å². The Morgan fingerprint density at radius 2 is 1.58 bits per heavy atom. The number of aromatic nitrogens is 2. The molecule has 2 heterocycles. The number of benzene rings is 2. The Bertz CT molecular complexity index is 904. The first kappa shape index (κ1) is 16.9. The fourth-order valence-electron chi connectivity index (χ4n) is 4.00. The number of aromatic amines is 1. The number of piperidine rings is 1. The van der Waals surface area contributed by atoms with Gasteiger partial charge in [0.25, 0.3) is 0 Å². The lowest BCUT2D eigenvalue weighted by atomic mass is 9.90. The van der Waals surface area contributed by atoms with Crippen LogP contribution in [0.4, 0.5) is 0 Å². The Labute approximate surface area is 154 Å². The minimum Gasteiger partial charge on any atom is -0.309 e. The van der Waals surface area contributed by atoms with E-state index in [-0.39, 0.29) is 5.69 Å². The lowest BCUT2D eigenvalue weighted by Gasteiger charge is -2.32. The smallest absolute Gasteiger partial charge is 0.309 e. The van der Waals surface area contributed by atoms with Crippen LogP contribution in [0.3, 0.4) is 0 Å². The van der Waals surface area contributed by atoms with Crippen molar-refractivity contribution in [3.05, 3.63) is 82.4 Å². The number of H-pyrrole nitrogens is 1. The van der Waals surface area contributed by atoms with E-state index in [0.717, 1.165) is 49.4 Å². The zero-order chi connectivity index (χ0) is 17.9. The maximum absolute atomic E-state index is 12.3. The quantitative estimate of drug-likeness (QED) is 0.781. The molecule has 3 aromatic rings. The van der Waals surface area contributed by atoms with Crippen molar-refractivity contribution in [1.82, 2.24) is 14.5 Å². The molecule has 0 unspecified atom stereocenters. The van der Waals surface area contributed by atoms with E-state index in [2.05, 4.69) is 52.3 Å². The normalized spacial score (nSPS) is 16.0. The number of nitrogens with zero attached hydrogens (tertiary/aromatic N) is 2. The lowest BCUT2D eigenvalue weighted by molar-refractivity contribution is 0.203. The van der Waals surface area contributed by atoms with Gasteiger partial charge in [0.1, 0.15) is 0 Å². The molecule has 26 heavy (non-hydrogen) atoms. The average Bonchev–Trinajstić information content (AvgIpc) is 2.99. The highest BCUT2D eigenvalue weighted by molar-refractivity contribution is 5.63. The van der Waals surface area contributed by atoms with E-state index in [1.807, 2.05) is 25.2 Å². The maximum atomic E-state index is 12.3. The molecule has 134 valence electrons. The van der Waals surface area contributed by atoms with E-state index in [9.17, 15) is 4.79 Å². The van der Waals surface area contributed by atoms with Crippen molar-refractivity contribution in [1.29, 1.82) is 0 Å². The van der Waals surface area contributed by atoms with Gasteiger partial charge >= 0.3 is 5.69 Å². The Balaban J connectivity index is 1.52. The SMILES string of the molecule is Cn1c(-c2ccccc2)c(C2CCN(Cc3ccccc3)CC2)[nH]c1=O. The first-order valence-electron chi connectivity index (χ1n) is 9.33. The van der Waals surface area contributed by atoms with Crippen LogP contribution < -0.4 is 5.69 Å². The summed E-state index contributed by atoms with van der Waals surface area (Å²) in [5.74, 6) is 0.408. The molecule has 0 radical (unpaired) electrons. The van der Waals surface area contributed by atoms with E-state index in [1.54, 1.807) is 4.57 Å². The van der Waals surface area contributed by atoms with Crippen LogP contribution in [0.15, 0.2) is 65.5 Å². The summed E-state index contributed by atoms with van der Waals surface area (Å²) >= 11 is 0. The van der Waals surface area contributed by atoms with Crippen molar-refractivity contribution < 1.29 is 0 Å². The topological polar surface area (TPSA) is 41.0 Å². The monoisotopic (exact) mass is 347 g/mol. The van der Waals surface area contributed by atoms with Gasteiger partial charge in [-0.25, -0.2) is 4.79 Å². The van der Waals surface area contributed by atoms with Crippen molar-refractivity contribution in [3.8, 4) is 11.3 Å². The van der Waals surface area contributed by atoms with Crippen molar-refractivity contribution >= 4 is 0 Å². The molecule has 0 bridgehead atoms. The van der Waals surface area contributed by atoms with Gasteiger partial charge in [-0.15, -0.1) is 0 Å². The molecule has 0 spiro atoms. The Morgan fingerprint density at radius 1 is 0.962 bits per heavy atom. The molecule has 1 saturated heterocycles. The number of likely N-dealkylation sites (tertiary alicyclic amines) is 1. The fraction of sp³-hybridized carbons (Fsp3) is 0.318. The van der Waals surface area contributed by atoms with Crippen LogP contribution in [-0.2, 0) is 13.6 Å². The zero-order valence-corrected chi connectivity index (χ0v) is 15.2. The summed E-state index contributed by atoms with van der Waals surface area (Å²) in [6.07, 6.45) is 2.15. The maximum Gasteiger partial charge on any atom is 0.325 e. The van der Waals surface area contributed by atoms with Crippen LogP contribution in [0.2, 0.25) is 0 Å². The largest absolute Gasteiger partial charge is 0.325 e. The first-order chi connectivity index (χ1) is 12.7. The van der Waals surface area contributed by atoms with Gasteiger partial charge < -0.3 is 4.98 Å². The molecule has 4 nitrogen and oxygen atoms in total. The van der Waals surface area contributed by atoms with Gasteiger partial charge in [-0.05, 0) is 31.5 Å². The van der Waals surface area contributed by atoms with Gasteiger partial charge in [0.15, 0.2) is 0 Å². The third-order valence-corrected chi connectivity index (χ3v) is 5.43. The van der Waals surface area contributed by atoms with E-state index < -0.39 is 0 Å². The molecule has 1 aliphatic rings. The van der Waals surface area contributed by atoms with Crippen molar-refractivity contribution in [2.75, 3.05) is 13.1 Å². The van der Waals surface area contributed by atoms with Crippen LogP contribution in [0.25, 0.3) is 11.3 Å². The van der Waals surface area contributed by atoms with Crippen molar-refractivity contribution in [2.45, 2.75) is 25.3 Å². The highest BCUT2D eigenvalue weighted by Crippen LogP contribution is 2.33. The highest BCUT2D eigenvalue weighted by Gasteiger charge is 2.26. The minimum absolute atomic E-state index is 0.0226. The minimum atomic E-state index is -0.0226. The van der Waals surface area contributed by atoms with Gasteiger partial charge in [0.2, 0.25) is 0 Å². The summed E-state index contributed by atoms with van der Waals surface area (Å²) in [6.45, 7) is 3.12. The van der Waals surface area contributed by atoms with Gasteiger partial charge in [-0.2, -0.15) is 0 Å². The van der Waals surface area contributed by atoms with Crippen LogP contribution >= 0.6 is 0 Å². The molecule has 2 aromatic carbocycles. The second-order valence-electron chi connectivity index (χ2n) is 7.15. The molecular weight excluding hydrogens is 322 g/mol. The average molecular weight is 347 g/mol. The molecule has 0 amide bonds. The number of nitrogens with one attached hydrogen (secondary N) is 1. The summed E-state index contributed by atoms with van der Waals surface area (Å²) in [7, 11) is 1.86. The highest BCUT2D eigenvalue weighted by atomic mass is 16.1. The molecular formula is C22H25N3O. The van der Waals surface area contributed by atoms with Gasteiger partial charge in [0.05, 0.1) is 5.69 Å². The summed E-state index contributed by atoms with van der Waals surface area (Å²) in [5, 5.41) is 0. The molecule has 4 heteroatoms. The van der Waals surface area contributed by atoms with E-state index in [1.165, 1.54) is 5.56 Å². The number of rotatable bonds is 4. The molecule has 1 N–H and O–H groups in total. The van der Waals surface area contributed by atoms with Gasteiger partial charge in [-0.3, -0.25) is 9.47 Å². The summed E-state index contributed by atoms with van der Waals surface area (Å²) in [5.41, 5.74) is 4.59. The summed E-state index contributed by atoms with van der Waals surface area (Å²) < 4.78 is 1.75. The number of hydrogen-bond donors (Lipinski definition) is 1. The molecule has 4 rings (SSSR count). The predicted octanol–water partition coefficient (Wildman–Crippen LogP) is 3.76. The van der Waals surface area contributed by atoms with Crippen LogP contribution in [0.5, 0.6) is 0 Å².